The Morgan fingerprint density at radius 3 is 2.28 bits per heavy atom. The number of hydrogen-bond acceptors (Lipinski definition) is 4. The van der Waals surface area contributed by atoms with Crippen molar-refractivity contribution in [1.29, 1.82) is 0 Å². The molecule has 5 nitrogen and oxygen atoms in total. The summed E-state index contributed by atoms with van der Waals surface area (Å²) in [6, 6.07) is 12.5. The summed E-state index contributed by atoms with van der Waals surface area (Å²) in [5, 5.41) is 18.5. The molecule has 0 bridgehead atoms. The Labute approximate surface area is 103 Å². The summed E-state index contributed by atoms with van der Waals surface area (Å²) in [5.41, 5.74) is 2.09. The Hall–Kier alpha value is -2.56. The van der Waals surface area contributed by atoms with Gasteiger partial charge in [-0.3, -0.25) is 0 Å². The van der Waals surface area contributed by atoms with Crippen molar-refractivity contribution in [2.24, 2.45) is 0 Å². The molecule has 3 rings (SSSR count). The third-order valence-corrected chi connectivity index (χ3v) is 2.68. The number of nitrogens with zero attached hydrogens (tertiary/aromatic N) is 3. The maximum atomic E-state index is 9.92. The van der Waals surface area contributed by atoms with E-state index in [0.717, 1.165) is 11.0 Å². The van der Waals surface area contributed by atoms with E-state index in [1.165, 1.54) is 10.9 Å². The zero-order valence-electron chi connectivity index (χ0n) is 9.74. The number of hydrogen-bond donors (Lipinski definition) is 1. The molecular formula is C13H11N3O2. The standard InChI is InChI=1S/C13H11N3O2/c1-18-9-6-7-12(13(17)8-9)16-14-10-4-2-3-5-11(10)15-16/h2-8,17H,1H3. The van der Waals surface area contributed by atoms with E-state index in [2.05, 4.69) is 10.2 Å². The fraction of sp³-hybridized carbons (Fsp3) is 0.0769. The van der Waals surface area contributed by atoms with E-state index in [-0.39, 0.29) is 5.75 Å². The van der Waals surface area contributed by atoms with Crippen molar-refractivity contribution >= 4 is 11.0 Å². The SMILES string of the molecule is COc1ccc(-n2nc3ccccc3n2)c(O)c1. The van der Waals surface area contributed by atoms with Crippen molar-refractivity contribution in [3.63, 3.8) is 0 Å². The molecule has 0 saturated heterocycles. The minimum atomic E-state index is 0.0784. The van der Waals surface area contributed by atoms with Gasteiger partial charge in [0.1, 0.15) is 28.2 Å². The Morgan fingerprint density at radius 2 is 1.72 bits per heavy atom. The largest absolute Gasteiger partial charge is 0.505 e. The average molecular weight is 241 g/mol. The molecule has 0 unspecified atom stereocenters. The number of fused-ring (bicyclic) bond motifs is 1. The quantitative estimate of drug-likeness (QED) is 0.746. The molecule has 1 N–H and O–H groups in total. The van der Waals surface area contributed by atoms with E-state index < -0.39 is 0 Å². The molecule has 1 heterocycles. The minimum Gasteiger partial charge on any atom is -0.505 e. The van der Waals surface area contributed by atoms with Gasteiger partial charge in [0.15, 0.2) is 0 Å². The summed E-state index contributed by atoms with van der Waals surface area (Å²) in [5.74, 6) is 0.669. The molecule has 0 aliphatic carbocycles. The van der Waals surface area contributed by atoms with E-state index >= 15 is 0 Å². The normalized spacial score (nSPS) is 10.7. The van der Waals surface area contributed by atoms with Gasteiger partial charge in [0.25, 0.3) is 0 Å². The Bertz CT molecular complexity index is 673. The highest BCUT2D eigenvalue weighted by Gasteiger charge is 2.09. The van der Waals surface area contributed by atoms with Crippen LogP contribution in [0.2, 0.25) is 0 Å². The van der Waals surface area contributed by atoms with E-state index in [4.69, 9.17) is 4.74 Å². The summed E-state index contributed by atoms with van der Waals surface area (Å²) >= 11 is 0. The van der Waals surface area contributed by atoms with Crippen LogP contribution in [0.3, 0.4) is 0 Å². The highest BCUT2D eigenvalue weighted by Crippen LogP contribution is 2.26. The van der Waals surface area contributed by atoms with Crippen LogP contribution >= 0.6 is 0 Å². The van der Waals surface area contributed by atoms with Gasteiger partial charge < -0.3 is 9.84 Å². The van der Waals surface area contributed by atoms with Crippen molar-refractivity contribution in [3.8, 4) is 17.2 Å². The van der Waals surface area contributed by atoms with Gasteiger partial charge in [-0.05, 0) is 24.3 Å². The van der Waals surface area contributed by atoms with E-state index in [1.807, 2.05) is 24.3 Å². The van der Waals surface area contributed by atoms with Gasteiger partial charge in [-0.15, -0.1) is 15.0 Å². The molecule has 1 aromatic heterocycles. The number of aromatic hydroxyl groups is 1. The number of ether oxygens (including phenoxy) is 1. The fourth-order valence-electron chi connectivity index (χ4n) is 1.77. The Morgan fingerprint density at radius 1 is 1.06 bits per heavy atom. The molecule has 18 heavy (non-hydrogen) atoms. The maximum Gasteiger partial charge on any atom is 0.146 e. The number of phenols is 1. The molecule has 5 heteroatoms. The van der Waals surface area contributed by atoms with Crippen molar-refractivity contribution in [3.05, 3.63) is 42.5 Å². The number of phenolic OH excluding ortho intramolecular Hbond substituents is 1. The average Bonchev–Trinajstić information content (AvgIpc) is 2.81. The van der Waals surface area contributed by atoms with Crippen molar-refractivity contribution in [2.75, 3.05) is 7.11 Å². The molecule has 0 aliphatic heterocycles. The Balaban J connectivity index is 2.14. The Kier molecular flexibility index (Phi) is 2.37. The van der Waals surface area contributed by atoms with E-state index in [9.17, 15) is 5.11 Å². The van der Waals surface area contributed by atoms with Crippen molar-refractivity contribution in [2.45, 2.75) is 0 Å². The van der Waals surface area contributed by atoms with Gasteiger partial charge >= 0.3 is 0 Å². The second kappa shape index (κ2) is 4.03. The predicted octanol–water partition coefficient (Wildman–Crippen LogP) is 2.13. The van der Waals surface area contributed by atoms with Gasteiger partial charge in [-0.25, -0.2) is 0 Å². The molecule has 0 spiro atoms. The lowest BCUT2D eigenvalue weighted by Crippen LogP contribution is -1.99. The summed E-state index contributed by atoms with van der Waals surface area (Å²) in [7, 11) is 1.55. The molecule has 90 valence electrons. The van der Waals surface area contributed by atoms with Gasteiger partial charge in [0.2, 0.25) is 0 Å². The zero-order valence-corrected chi connectivity index (χ0v) is 9.74. The molecule has 0 radical (unpaired) electrons. The predicted molar refractivity (Wildman–Crippen MR) is 67.1 cm³/mol. The first-order valence-electron chi connectivity index (χ1n) is 5.47. The van der Waals surface area contributed by atoms with Crippen LogP contribution in [-0.2, 0) is 0 Å². The topological polar surface area (TPSA) is 60.2 Å². The van der Waals surface area contributed by atoms with E-state index in [1.54, 1.807) is 19.2 Å². The van der Waals surface area contributed by atoms with Crippen LogP contribution in [-0.4, -0.2) is 27.2 Å². The third kappa shape index (κ3) is 1.66. The molecule has 0 amide bonds. The fourth-order valence-corrected chi connectivity index (χ4v) is 1.77. The second-order valence-corrected chi connectivity index (χ2v) is 3.83. The van der Waals surface area contributed by atoms with Crippen LogP contribution in [0.4, 0.5) is 0 Å². The highest BCUT2D eigenvalue weighted by molar-refractivity contribution is 5.73. The van der Waals surface area contributed by atoms with Crippen LogP contribution in [0.25, 0.3) is 16.7 Å². The van der Waals surface area contributed by atoms with Crippen LogP contribution in [0, 0.1) is 0 Å². The molecule has 2 aromatic carbocycles. The molecule has 0 saturated carbocycles. The first-order chi connectivity index (χ1) is 8.78. The smallest absolute Gasteiger partial charge is 0.146 e. The molecular weight excluding hydrogens is 230 g/mol. The van der Waals surface area contributed by atoms with Crippen LogP contribution in [0.1, 0.15) is 0 Å². The van der Waals surface area contributed by atoms with Crippen LogP contribution < -0.4 is 4.74 Å². The van der Waals surface area contributed by atoms with E-state index in [0.29, 0.717) is 11.4 Å². The molecule has 3 aromatic rings. The monoisotopic (exact) mass is 241 g/mol. The van der Waals surface area contributed by atoms with Gasteiger partial charge in [-0.2, -0.15) is 0 Å². The van der Waals surface area contributed by atoms with Crippen molar-refractivity contribution in [1.82, 2.24) is 15.0 Å². The van der Waals surface area contributed by atoms with Gasteiger partial charge in [-0.1, -0.05) is 12.1 Å². The molecule has 0 aliphatic rings. The van der Waals surface area contributed by atoms with Crippen molar-refractivity contribution < 1.29 is 9.84 Å². The summed E-state index contributed by atoms with van der Waals surface area (Å²) < 4.78 is 5.03. The lowest BCUT2D eigenvalue weighted by atomic mass is 10.3. The van der Waals surface area contributed by atoms with Gasteiger partial charge in [0.05, 0.1) is 7.11 Å². The number of methoxy groups -OCH3 is 1. The number of benzene rings is 2. The van der Waals surface area contributed by atoms with Gasteiger partial charge in [0, 0.05) is 6.07 Å². The number of aromatic nitrogens is 3. The summed E-state index contributed by atoms with van der Waals surface area (Å²) in [6.07, 6.45) is 0. The third-order valence-electron chi connectivity index (χ3n) is 2.68. The lowest BCUT2D eigenvalue weighted by Gasteiger charge is -2.05. The summed E-state index contributed by atoms with van der Waals surface area (Å²) in [4.78, 5) is 1.42. The lowest BCUT2D eigenvalue weighted by molar-refractivity contribution is 0.406. The molecule has 0 fully saturated rings. The first-order valence-corrected chi connectivity index (χ1v) is 5.47. The zero-order chi connectivity index (χ0) is 12.5. The molecule has 0 atom stereocenters. The maximum absolute atomic E-state index is 9.92. The van der Waals surface area contributed by atoms with Crippen LogP contribution in [0.5, 0.6) is 11.5 Å². The highest BCUT2D eigenvalue weighted by atomic mass is 16.5. The first kappa shape index (κ1) is 10.6. The summed E-state index contributed by atoms with van der Waals surface area (Å²) in [6.45, 7) is 0. The second-order valence-electron chi connectivity index (χ2n) is 3.83. The number of rotatable bonds is 2. The van der Waals surface area contributed by atoms with Crippen LogP contribution in [0.15, 0.2) is 42.5 Å². The minimum absolute atomic E-state index is 0.0784.